The lowest BCUT2D eigenvalue weighted by Gasteiger charge is -2.13. The van der Waals surface area contributed by atoms with Crippen molar-refractivity contribution in [1.29, 1.82) is 0 Å². The molecule has 0 aliphatic carbocycles. The van der Waals surface area contributed by atoms with Gasteiger partial charge in [0, 0.05) is 29.4 Å². The van der Waals surface area contributed by atoms with Gasteiger partial charge in [0.05, 0.1) is 27.8 Å². The maximum atomic E-state index is 13.3. The molecule has 2 N–H and O–H groups in total. The summed E-state index contributed by atoms with van der Waals surface area (Å²) >= 11 is 4.84. The summed E-state index contributed by atoms with van der Waals surface area (Å²) in [5.41, 5.74) is 10.8. The molecule has 0 saturated carbocycles. The van der Waals surface area contributed by atoms with E-state index in [2.05, 4.69) is 20.9 Å². The van der Waals surface area contributed by atoms with Gasteiger partial charge >= 0.3 is 11.9 Å². The van der Waals surface area contributed by atoms with Gasteiger partial charge in [0.2, 0.25) is 0 Å². The van der Waals surface area contributed by atoms with Gasteiger partial charge < -0.3 is 19.8 Å². The maximum Gasteiger partial charge on any atom is 0.340 e. The Balaban J connectivity index is 1.92. The molecule has 0 bridgehead atoms. The molecule has 0 aliphatic heterocycles. The first kappa shape index (κ1) is 26.5. The molecule has 0 spiro atoms. The predicted molar refractivity (Wildman–Crippen MR) is 152 cm³/mol. The number of fused-ring (bicyclic) bond motifs is 1. The van der Waals surface area contributed by atoms with Gasteiger partial charge in [0.15, 0.2) is 5.17 Å². The lowest BCUT2D eigenvalue weighted by molar-refractivity contribution is -0.131. The SMILES string of the molecule is CCOC(=O)c1c(CSC(N)=Nc2ccccc2)n(-c2ccc(C)cc2)c2cc(Br)c(OC(C)=O)cc12. The molecule has 0 radical (unpaired) electrons. The summed E-state index contributed by atoms with van der Waals surface area (Å²) in [6.45, 7) is 5.32. The van der Waals surface area contributed by atoms with Crippen LogP contribution in [-0.4, -0.2) is 28.3 Å². The number of ether oxygens (including phenoxy) is 2. The number of nitrogens with two attached hydrogens (primary N) is 1. The number of aromatic nitrogens is 1. The summed E-state index contributed by atoms with van der Waals surface area (Å²) < 4.78 is 13.4. The molecule has 1 aromatic heterocycles. The number of halogens is 1. The number of rotatable bonds is 7. The van der Waals surface area contributed by atoms with Gasteiger partial charge in [0.1, 0.15) is 5.75 Å². The van der Waals surface area contributed by atoms with Crippen LogP contribution in [0.2, 0.25) is 0 Å². The zero-order valence-electron chi connectivity index (χ0n) is 20.7. The number of thioether (sulfide) groups is 1. The third kappa shape index (κ3) is 6.06. The number of carbonyl (C=O) groups is 2. The summed E-state index contributed by atoms with van der Waals surface area (Å²) in [6, 6.07) is 21.0. The molecule has 4 rings (SSSR count). The Bertz CT molecular complexity index is 1480. The van der Waals surface area contributed by atoms with Gasteiger partial charge in [-0.2, -0.15) is 0 Å². The van der Waals surface area contributed by atoms with Crippen LogP contribution in [0.15, 0.2) is 76.2 Å². The van der Waals surface area contributed by atoms with Crippen molar-refractivity contribution in [3.8, 4) is 11.4 Å². The maximum absolute atomic E-state index is 13.3. The molecule has 37 heavy (non-hydrogen) atoms. The zero-order valence-corrected chi connectivity index (χ0v) is 23.1. The molecule has 0 atom stereocenters. The van der Waals surface area contributed by atoms with Gasteiger partial charge in [-0.3, -0.25) is 4.79 Å². The van der Waals surface area contributed by atoms with Crippen LogP contribution in [0.4, 0.5) is 5.69 Å². The summed E-state index contributed by atoms with van der Waals surface area (Å²) in [4.78, 5) is 29.5. The van der Waals surface area contributed by atoms with Crippen LogP contribution in [0.1, 0.15) is 35.5 Å². The fourth-order valence-corrected chi connectivity index (χ4v) is 5.07. The van der Waals surface area contributed by atoms with Crippen LogP contribution < -0.4 is 10.5 Å². The minimum atomic E-state index is -0.469. The van der Waals surface area contributed by atoms with Crippen LogP contribution in [0, 0.1) is 6.92 Å². The number of aryl methyl sites for hydroxylation is 1. The number of hydrogen-bond donors (Lipinski definition) is 1. The van der Waals surface area contributed by atoms with E-state index >= 15 is 0 Å². The molecule has 0 saturated heterocycles. The second-order valence-electron chi connectivity index (χ2n) is 8.18. The lowest BCUT2D eigenvalue weighted by Crippen LogP contribution is -2.12. The molecule has 0 amide bonds. The van der Waals surface area contributed by atoms with E-state index in [0.29, 0.717) is 37.8 Å². The first-order valence-corrected chi connectivity index (χ1v) is 13.4. The molecule has 190 valence electrons. The van der Waals surface area contributed by atoms with Crippen molar-refractivity contribution in [2.45, 2.75) is 26.5 Å². The van der Waals surface area contributed by atoms with Crippen molar-refractivity contribution < 1.29 is 19.1 Å². The Hall–Kier alpha value is -3.56. The van der Waals surface area contributed by atoms with Crippen LogP contribution in [0.5, 0.6) is 5.75 Å². The highest BCUT2D eigenvalue weighted by molar-refractivity contribution is 9.10. The number of amidine groups is 1. The molecule has 0 fully saturated rings. The lowest BCUT2D eigenvalue weighted by atomic mass is 10.1. The fourth-order valence-electron chi connectivity index (χ4n) is 3.93. The molecule has 3 aromatic carbocycles. The molecule has 4 aromatic rings. The Morgan fingerprint density at radius 2 is 1.78 bits per heavy atom. The Morgan fingerprint density at radius 3 is 2.43 bits per heavy atom. The minimum absolute atomic E-state index is 0.216. The molecular formula is C28H26BrN3O4S. The third-order valence-corrected chi connectivity index (χ3v) is 6.92. The largest absolute Gasteiger partial charge is 0.462 e. The second kappa shape index (κ2) is 11.7. The average molecular weight is 581 g/mol. The van der Waals surface area contributed by atoms with Gasteiger partial charge in [-0.05, 0) is 66.2 Å². The van der Waals surface area contributed by atoms with E-state index in [1.165, 1.54) is 18.7 Å². The van der Waals surface area contributed by atoms with Gasteiger partial charge in [-0.25, -0.2) is 9.79 Å². The summed E-state index contributed by atoms with van der Waals surface area (Å²) in [6.07, 6.45) is 0. The van der Waals surface area contributed by atoms with Gasteiger partial charge in [-0.1, -0.05) is 47.7 Å². The quantitative estimate of drug-likeness (QED) is 0.113. The molecule has 0 aliphatic rings. The fraction of sp³-hybridized carbons (Fsp3) is 0.179. The molecule has 1 heterocycles. The molecule has 7 nitrogen and oxygen atoms in total. The molecular weight excluding hydrogens is 554 g/mol. The number of para-hydroxylation sites is 1. The van der Waals surface area contributed by atoms with Gasteiger partial charge in [0.25, 0.3) is 0 Å². The smallest absolute Gasteiger partial charge is 0.340 e. The minimum Gasteiger partial charge on any atom is -0.462 e. The Labute approximate surface area is 227 Å². The monoisotopic (exact) mass is 579 g/mol. The van der Waals surface area contributed by atoms with E-state index in [1.54, 1.807) is 13.0 Å². The number of benzene rings is 3. The number of nitrogens with zero attached hydrogens (tertiary/aromatic N) is 2. The van der Waals surface area contributed by atoms with Crippen LogP contribution in [-0.2, 0) is 15.3 Å². The summed E-state index contributed by atoms with van der Waals surface area (Å²) in [7, 11) is 0. The molecule has 9 heteroatoms. The van der Waals surface area contributed by atoms with Crippen molar-refractivity contribution in [2.24, 2.45) is 10.7 Å². The summed E-state index contributed by atoms with van der Waals surface area (Å²) in [5, 5.41) is 0.969. The topological polar surface area (TPSA) is 95.9 Å². The van der Waals surface area contributed by atoms with Gasteiger partial charge in [-0.15, -0.1) is 0 Å². The van der Waals surface area contributed by atoms with Crippen LogP contribution in [0.3, 0.4) is 0 Å². The number of aliphatic imine (C=N–C) groups is 1. The molecule has 0 unspecified atom stereocenters. The van der Waals surface area contributed by atoms with Crippen molar-refractivity contribution in [1.82, 2.24) is 4.57 Å². The van der Waals surface area contributed by atoms with Crippen LogP contribution in [0.25, 0.3) is 16.6 Å². The van der Waals surface area contributed by atoms with Crippen molar-refractivity contribution >= 4 is 61.4 Å². The first-order valence-electron chi connectivity index (χ1n) is 11.6. The first-order chi connectivity index (χ1) is 17.8. The average Bonchev–Trinajstić information content (AvgIpc) is 3.17. The van der Waals surface area contributed by atoms with Crippen molar-refractivity contribution in [3.05, 3.63) is 88.0 Å². The highest BCUT2D eigenvalue weighted by Crippen LogP contribution is 2.38. The normalized spacial score (nSPS) is 11.5. The summed E-state index contributed by atoms with van der Waals surface area (Å²) in [5.74, 6) is -0.268. The van der Waals surface area contributed by atoms with Crippen molar-refractivity contribution in [3.63, 3.8) is 0 Å². The van der Waals surface area contributed by atoms with E-state index in [4.69, 9.17) is 15.2 Å². The predicted octanol–water partition coefficient (Wildman–Crippen LogP) is 6.68. The van der Waals surface area contributed by atoms with Crippen molar-refractivity contribution in [2.75, 3.05) is 6.61 Å². The third-order valence-electron chi connectivity index (χ3n) is 5.50. The number of hydrogen-bond acceptors (Lipinski definition) is 6. The highest BCUT2D eigenvalue weighted by atomic mass is 79.9. The standard InChI is InChI=1S/C28H26BrN3O4S/c1-4-35-27(34)26-21-14-25(36-18(3)33)22(29)15-23(21)32(20-12-10-17(2)11-13-20)24(26)16-37-28(30)31-19-8-6-5-7-9-19/h5-15H,4,16H2,1-3H3,(H2,30,31). The Morgan fingerprint density at radius 1 is 1.08 bits per heavy atom. The Kier molecular flexibility index (Phi) is 8.35. The zero-order chi connectivity index (χ0) is 26.5. The van der Waals surface area contributed by atoms with E-state index < -0.39 is 11.9 Å². The van der Waals surface area contributed by atoms with E-state index in [1.807, 2.05) is 72.2 Å². The van der Waals surface area contributed by atoms with E-state index in [0.717, 1.165) is 22.5 Å². The number of esters is 2. The van der Waals surface area contributed by atoms with E-state index in [9.17, 15) is 9.59 Å². The second-order valence-corrected chi connectivity index (χ2v) is 10.0. The van der Waals surface area contributed by atoms with Crippen LogP contribution >= 0.6 is 27.7 Å². The number of carbonyl (C=O) groups excluding carboxylic acids is 2. The van der Waals surface area contributed by atoms with E-state index in [-0.39, 0.29) is 6.61 Å². The highest BCUT2D eigenvalue weighted by Gasteiger charge is 2.26.